The number of hydrogen-bond donors (Lipinski definition) is 1. The highest BCUT2D eigenvalue weighted by Crippen LogP contribution is 2.26. The molecule has 0 saturated carbocycles. The SMILES string of the molecule is O=C(Nc1ccccc1F)[C@@H]1CCCN(Cc2nc3ccccc3n2-c2ccc(Br)cc2)C1. The highest BCUT2D eigenvalue weighted by Gasteiger charge is 2.27. The molecule has 0 radical (unpaired) electrons. The number of hydrogen-bond acceptors (Lipinski definition) is 3. The summed E-state index contributed by atoms with van der Waals surface area (Å²) in [5.41, 5.74) is 3.28. The maximum atomic E-state index is 14.0. The Hall–Kier alpha value is -3.03. The molecule has 1 N–H and O–H groups in total. The molecule has 5 nitrogen and oxygen atoms in total. The number of benzene rings is 3. The minimum absolute atomic E-state index is 0.133. The van der Waals surface area contributed by atoms with Gasteiger partial charge in [0.05, 0.1) is 29.2 Å². The molecule has 1 amide bonds. The second-order valence-corrected chi connectivity index (χ2v) is 9.29. The number of rotatable bonds is 5. The topological polar surface area (TPSA) is 50.2 Å². The lowest BCUT2D eigenvalue weighted by Crippen LogP contribution is -2.40. The molecule has 1 aliphatic rings. The van der Waals surface area contributed by atoms with Crippen molar-refractivity contribution in [3.8, 4) is 5.69 Å². The van der Waals surface area contributed by atoms with Crippen LogP contribution in [0.15, 0.2) is 77.3 Å². The molecule has 0 spiro atoms. The summed E-state index contributed by atoms with van der Waals surface area (Å²) < 4.78 is 17.2. The van der Waals surface area contributed by atoms with Crippen molar-refractivity contribution >= 4 is 38.6 Å². The maximum absolute atomic E-state index is 14.0. The number of nitrogens with zero attached hydrogens (tertiary/aromatic N) is 3. The Balaban J connectivity index is 1.37. The number of carbonyl (C=O) groups is 1. The Morgan fingerprint density at radius 2 is 1.82 bits per heavy atom. The number of carbonyl (C=O) groups excluding carboxylic acids is 1. The van der Waals surface area contributed by atoms with E-state index in [-0.39, 0.29) is 17.5 Å². The molecule has 33 heavy (non-hydrogen) atoms. The average molecular weight is 507 g/mol. The summed E-state index contributed by atoms with van der Waals surface area (Å²) in [7, 11) is 0. The molecular weight excluding hydrogens is 483 g/mol. The Morgan fingerprint density at radius 3 is 2.64 bits per heavy atom. The standard InChI is InChI=1S/C26H24BrFN4O/c27-19-11-13-20(14-12-19)32-24-10-4-3-9-23(24)29-25(32)17-31-15-5-6-18(16-31)26(33)30-22-8-2-1-7-21(22)28/h1-4,7-14,18H,5-6,15-17H2,(H,30,33)/t18-/m1/s1. The molecule has 1 atom stereocenters. The van der Waals surface area contributed by atoms with E-state index in [0.29, 0.717) is 13.1 Å². The number of amides is 1. The highest BCUT2D eigenvalue weighted by atomic mass is 79.9. The molecule has 0 bridgehead atoms. The van der Waals surface area contributed by atoms with Gasteiger partial charge >= 0.3 is 0 Å². The lowest BCUT2D eigenvalue weighted by molar-refractivity contribution is -0.121. The van der Waals surface area contributed by atoms with Gasteiger partial charge in [-0.15, -0.1) is 0 Å². The molecule has 168 valence electrons. The summed E-state index contributed by atoms with van der Waals surface area (Å²) in [6.45, 7) is 2.14. The van der Waals surface area contributed by atoms with Gasteiger partial charge in [-0.05, 0) is 67.9 Å². The van der Waals surface area contributed by atoms with Crippen LogP contribution in [0, 0.1) is 11.7 Å². The lowest BCUT2D eigenvalue weighted by Gasteiger charge is -2.31. The van der Waals surface area contributed by atoms with Crippen molar-refractivity contribution < 1.29 is 9.18 Å². The lowest BCUT2D eigenvalue weighted by atomic mass is 9.97. The van der Waals surface area contributed by atoms with Gasteiger partial charge in [-0.1, -0.05) is 40.2 Å². The van der Waals surface area contributed by atoms with Crippen LogP contribution in [-0.4, -0.2) is 33.4 Å². The van der Waals surface area contributed by atoms with E-state index in [4.69, 9.17) is 4.98 Å². The Kier molecular flexibility index (Phi) is 6.24. The Bertz CT molecular complexity index is 1290. The van der Waals surface area contributed by atoms with Crippen LogP contribution in [0.5, 0.6) is 0 Å². The number of para-hydroxylation sites is 3. The number of nitrogens with one attached hydrogen (secondary N) is 1. The maximum Gasteiger partial charge on any atom is 0.228 e. The van der Waals surface area contributed by atoms with Crippen molar-refractivity contribution in [1.82, 2.24) is 14.5 Å². The molecule has 0 unspecified atom stereocenters. The molecule has 1 saturated heterocycles. The van der Waals surface area contributed by atoms with E-state index in [1.807, 2.05) is 30.3 Å². The Morgan fingerprint density at radius 1 is 1.06 bits per heavy atom. The zero-order valence-corrected chi connectivity index (χ0v) is 19.6. The molecule has 2 heterocycles. The molecule has 1 aromatic heterocycles. The summed E-state index contributed by atoms with van der Waals surface area (Å²) in [5, 5.41) is 2.76. The van der Waals surface area contributed by atoms with Gasteiger partial charge in [0, 0.05) is 16.7 Å². The normalized spacial score (nSPS) is 16.7. The second-order valence-electron chi connectivity index (χ2n) is 8.37. The van der Waals surface area contributed by atoms with Crippen LogP contribution in [0.25, 0.3) is 16.7 Å². The molecule has 1 aliphatic heterocycles. The van der Waals surface area contributed by atoms with Gasteiger partial charge in [-0.2, -0.15) is 0 Å². The van der Waals surface area contributed by atoms with Crippen LogP contribution in [0.4, 0.5) is 10.1 Å². The first-order valence-corrected chi connectivity index (χ1v) is 11.9. The van der Waals surface area contributed by atoms with Gasteiger partial charge in [-0.25, -0.2) is 9.37 Å². The number of anilines is 1. The van der Waals surface area contributed by atoms with E-state index in [1.54, 1.807) is 18.2 Å². The third-order valence-corrected chi connectivity index (χ3v) is 6.62. The minimum Gasteiger partial charge on any atom is -0.323 e. The van der Waals surface area contributed by atoms with Crippen LogP contribution < -0.4 is 5.32 Å². The molecule has 0 aliphatic carbocycles. The van der Waals surface area contributed by atoms with Crippen LogP contribution in [0.3, 0.4) is 0 Å². The van der Waals surface area contributed by atoms with Crippen molar-refractivity contribution in [2.24, 2.45) is 5.92 Å². The monoisotopic (exact) mass is 506 g/mol. The van der Waals surface area contributed by atoms with Gasteiger partial charge in [0.1, 0.15) is 11.6 Å². The van der Waals surface area contributed by atoms with Crippen molar-refractivity contribution in [3.63, 3.8) is 0 Å². The van der Waals surface area contributed by atoms with Gasteiger partial charge in [-0.3, -0.25) is 14.3 Å². The molecule has 5 rings (SSSR count). The van der Waals surface area contributed by atoms with Crippen molar-refractivity contribution in [2.45, 2.75) is 19.4 Å². The van der Waals surface area contributed by atoms with E-state index in [9.17, 15) is 9.18 Å². The molecule has 1 fully saturated rings. The number of aromatic nitrogens is 2. The fraction of sp³-hybridized carbons (Fsp3) is 0.231. The third kappa shape index (κ3) is 4.70. The summed E-state index contributed by atoms with van der Waals surface area (Å²) >= 11 is 3.51. The molecule has 4 aromatic rings. The first-order valence-electron chi connectivity index (χ1n) is 11.1. The zero-order valence-electron chi connectivity index (χ0n) is 18.0. The average Bonchev–Trinajstić information content (AvgIpc) is 3.19. The highest BCUT2D eigenvalue weighted by molar-refractivity contribution is 9.10. The quantitative estimate of drug-likeness (QED) is 0.373. The predicted molar refractivity (Wildman–Crippen MR) is 132 cm³/mol. The van der Waals surface area contributed by atoms with Crippen LogP contribution in [0.1, 0.15) is 18.7 Å². The molecule has 3 aromatic carbocycles. The summed E-state index contributed by atoms with van der Waals surface area (Å²) in [6.07, 6.45) is 1.70. The zero-order chi connectivity index (χ0) is 22.8. The van der Waals surface area contributed by atoms with E-state index in [1.165, 1.54) is 6.07 Å². The fourth-order valence-electron chi connectivity index (χ4n) is 4.47. The van der Waals surface area contributed by atoms with E-state index >= 15 is 0 Å². The third-order valence-electron chi connectivity index (χ3n) is 6.09. The van der Waals surface area contributed by atoms with Gasteiger partial charge in [0.25, 0.3) is 0 Å². The molecule has 7 heteroatoms. The van der Waals surface area contributed by atoms with E-state index < -0.39 is 5.82 Å². The van der Waals surface area contributed by atoms with E-state index in [2.05, 4.69) is 48.9 Å². The number of imidazole rings is 1. The van der Waals surface area contributed by atoms with Gasteiger partial charge < -0.3 is 5.32 Å². The largest absolute Gasteiger partial charge is 0.323 e. The van der Waals surface area contributed by atoms with Crippen LogP contribution >= 0.6 is 15.9 Å². The van der Waals surface area contributed by atoms with Crippen LogP contribution in [-0.2, 0) is 11.3 Å². The number of halogens is 2. The second kappa shape index (κ2) is 9.45. The Labute approximate surface area is 200 Å². The predicted octanol–water partition coefficient (Wildman–Crippen LogP) is 5.78. The minimum atomic E-state index is -0.415. The van der Waals surface area contributed by atoms with Crippen LogP contribution in [0.2, 0.25) is 0 Å². The van der Waals surface area contributed by atoms with E-state index in [0.717, 1.165) is 46.4 Å². The smallest absolute Gasteiger partial charge is 0.228 e. The van der Waals surface area contributed by atoms with Crippen molar-refractivity contribution in [2.75, 3.05) is 18.4 Å². The van der Waals surface area contributed by atoms with Crippen molar-refractivity contribution in [1.29, 1.82) is 0 Å². The fourth-order valence-corrected chi connectivity index (χ4v) is 4.74. The summed E-state index contributed by atoms with van der Waals surface area (Å²) in [5.74, 6) is 0.200. The number of likely N-dealkylation sites (tertiary alicyclic amines) is 1. The van der Waals surface area contributed by atoms with Crippen molar-refractivity contribution in [3.05, 3.63) is 88.9 Å². The van der Waals surface area contributed by atoms with Gasteiger partial charge in [0.2, 0.25) is 5.91 Å². The summed E-state index contributed by atoms with van der Waals surface area (Å²) in [6, 6.07) is 22.6. The molecular formula is C26H24BrFN4O. The summed E-state index contributed by atoms with van der Waals surface area (Å²) in [4.78, 5) is 20.0. The number of piperidine rings is 1. The van der Waals surface area contributed by atoms with Gasteiger partial charge in [0.15, 0.2) is 0 Å². The number of fused-ring (bicyclic) bond motifs is 1. The first kappa shape index (κ1) is 21.8. The first-order chi connectivity index (χ1) is 16.1.